The lowest BCUT2D eigenvalue weighted by atomic mass is 9.68. The molecule has 8 aromatic rings. The number of benzene rings is 8. The van der Waals surface area contributed by atoms with Gasteiger partial charge < -0.3 is 0 Å². The molecule has 0 N–H and O–H groups in total. The maximum absolute atomic E-state index is 2.55. The van der Waals surface area contributed by atoms with Gasteiger partial charge in [0, 0.05) is 11.3 Å². The molecule has 0 amide bonds. The lowest BCUT2D eigenvalue weighted by molar-refractivity contribution is 0.653. The molecule has 0 heteroatoms. The average Bonchev–Trinajstić information content (AvgIpc) is 3.81. The predicted molar refractivity (Wildman–Crippen MR) is 229 cm³/mol. The molecule has 0 saturated heterocycles. The van der Waals surface area contributed by atoms with Gasteiger partial charge in [-0.3, -0.25) is 0 Å². The van der Waals surface area contributed by atoms with Crippen LogP contribution in [0.1, 0.15) is 76.3 Å². The minimum atomic E-state index is -0.351. The van der Waals surface area contributed by atoms with Gasteiger partial charge in [-0.2, -0.15) is 0 Å². The van der Waals surface area contributed by atoms with Crippen LogP contribution in [0.5, 0.6) is 0 Å². The van der Waals surface area contributed by atoms with Crippen molar-refractivity contribution >= 4 is 0 Å². The summed E-state index contributed by atoms with van der Waals surface area (Å²) in [6, 6.07) is 71.1. The zero-order valence-corrected chi connectivity index (χ0v) is 31.4. The number of hydrogen-bond donors (Lipinski definition) is 0. The van der Waals surface area contributed by atoms with Gasteiger partial charge in [-0.05, 0) is 107 Å². The van der Waals surface area contributed by atoms with E-state index in [1.807, 2.05) is 0 Å². The molecule has 11 rings (SSSR count). The van der Waals surface area contributed by atoms with Crippen molar-refractivity contribution in [1.82, 2.24) is 0 Å². The lowest BCUT2D eigenvalue weighted by Gasteiger charge is -2.33. The maximum atomic E-state index is 2.55. The first-order valence-electron chi connectivity index (χ1n) is 19.9. The number of hydrogen-bond acceptors (Lipinski definition) is 0. The maximum Gasteiger partial charge on any atom is 0.0728 e. The van der Waals surface area contributed by atoms with Gasteiger partial charge in [-0.15, -0.1) is 0 Å². The Bertz CT molecular complexity index is 2730. The SMILES string of the molecule is CC1(C)c2ccccc2-c2ccc(C(CCc3ccccc3C34c5ccccc5-c5cccc(c53)-c3ccccc34)c3ccccc3-c3ccccc3)cc21. The normalized spacial score (nSPS) is 15.1. The van der Waals surface area contributed by atoms with E-state index in [9.17, 15) is 0 Å². The molecule has 55 heavy (non-hydrogen) atoms. The Kier molecular flexibility index (Phi) is 7.11. The molecule has 262 valence electrons. The van der Waals surface area contributed by atoms with Gasteiger partial charge in [0.15, 0.2) is 0 Å². The van der Waals surface area contributed by atoms with E-state index < -0.39 is 0 Å². The standard InChI is InChI=1S/C55H42/c1-54(2)49-28-13-9-22-42(49)45-34-32-38(35-52(45)54)40(41-21-8-7-20-39(41)36-17-4-3-5-18-36)33-31-37-19-6-12-27-48(37)55-50-29-14-10-23-43(50)46-25-16-26-47(53(46)55)44-24-11-15-30-51(44)55/h3-30,32,34-35,40H,31,33H2,1-2H3. The molecule has 0 aliphatic heterocycles. The van der Waals surface area contributed by atoms with Crippen LogP contribution < -0.4 is 0 Å². The average molecular weight is 703 g/mol. The van der Waals surface area contributed by atoms with Crippen LogP contribution >= 0.6 is 0 Å². The number of aryl methyl sites for hydroxylation is 1. The third-order valence-electron chi connectivity index (χ3n) is 13.2. The number of fused-ring (bicyclic) bond motifs is 9. The summed E-state index contributed by atoms with van der Waals surface area (Å²) in [6.45, 7) is 4.80. The predicted octanol–water partition coefficient (Wildman–Crippen LogP) is 13.8. The van der Waals surface area contributed by atoms with Crippen LogP contribution in [0.3, 0.4) is 0 Å². The van der Waals surface area contributed by atoms with Crippen molar-refractivity contribution < 1.29 is 0 Å². The lowest BCUT2D eigenvalue weighted by Crippen LogP contribution is -2.27. The second-order valence-corrected chi connectivity index (χ2v) is 16.2. The van der Waals surface area contributed by atoms with Crippen molar-refractivity contribution in [3.63, 3.8) is 0 Å². The summed E-state index contributed by atoms with van der Waals surface area (Å²) in [6.07, 6.45) is 1.94. The molecule has 0 heterocycles. The third kappa shape index (κ3) is 4.52. The van der Waals surface area contributed by atoms with Gasteiger partial charge in [0.05, 0.1) is 5.41 Å². The van der Waals surface area contributed by atoms with Crippen molar-refractivity contribution in [3.05, 3.63) is 238 Å². The highest BCUT2D eigenvalue weighted by Gasteiger charge is 2.53. The highest BCUT2D eigenvalue weighted by Crippen LogP contribution is 2.64. The first-order valence-corrected chi connectivity index (χ1v) is 19.9. The largest absolute Gasteiger partial charge is 0.0728 e. The molecule has 1 atom stereocenters. The summed E-state index contributed by atoms with van der Waals surface area (Å²) >= 11 is 0. The minimum Gasteiger partial charge on any atom is -0.0622 e. The molecule has 0 spiro atoms. The summed E-state index contributed by atoms with van der Waals surface area (Å²) in [4.78, 5) is 0. The molecule has 0 bridgehead atoms. The van der Waals surface area contributed by atoms with E-state index in [1.165, 1.54) is 94.6 Å². The van der Waals surface area contributed by atoms with Gasteiger partial charge in [0.1, 0.15) is 0 Å². The van der Waals surface area contributed by atoms with E-state index in [-0.39, 0.29) is 16.7 Å². The van der Waals surface area contributed by atoms with Crippen LogP contribution in [0.15, 0.2) is 188 Å². The second kappa shape index (κ2) is 12.1. The van der Waals surface area contributed by atoms with E-state index in [0.717, 1.165) is 12.8 Å². The van der Waals surface area contributed by atoms with E-state index in [1.54, 1.807) is 0 Å². The third-order valence-corrected chi connectivity index (χ3v) is 13.2. The molecule has 8 aromatic carbocycles. The molecule has 0 fully saturated rings. The summed E-state index contributed by atoms with van der Waals surface area (Å²) < 4.78 is 0. The summed E-state index contributed by atoms with van der Waals surface area (Å²) in [7, 11) is 0. The van der Waals surface area contributed by atoms with E-state index in [4.69, 9.17) is 0 Å². The van der Waals surface area contributed by atoms with Crippen molar-refractivity contribution in [2.75, 3.05) is 0 Å². The van der Waals surface area contributed by atoms with Crippen LogP contribution in [0.25, 0.3) is 44.5 Å². The van der Waals surface area contributed by atoms with Crippen LogP contribution in [-0.4, -0.2) is 0 Å². The Morgan fingerprint density at radius 1 is 0.400 bits per heavy atom. The Balaban J connectivity index is 1.08. The highest BCUT2D eigenvalue weighted by molar-refractivity contribution is 5.99. The summed E-state index contributed by atoms with van der Waals surface area (Å²) in [5, 5.41) is 0. The molecule has 0 nitrogen and oxygen atoms in total. The Morgan fingerprint density at radius 3 is 1.60 bits per heavy atom. The minimum absolute atomic E-state index is 0.0615. The molecular weight excluding hydrogens is 661 g/mol. The quantitative estimate of drug-likeness (QED) is 0.155. The summed E-state index contributed by atoms with van der Waals surface area (Å²) in [5.41, 5.74) is 23.1. The van der Waals surface area contributed by atoms with Gasteiger partial charge in [0.25, 0.3) is 0 Å². The smallest absolute Gasteiger partial charge is 0.0622 e. The molecule has 0 saturated carbocycles. The first kappa shape index (κ1) is 32.2. The van der Waals surface area contributed by atoms with Gasteiger partial charge >= 0.3 is 0 Å². The Morgan fingerprint density at radius 2 is 0.909 bits per heavy atom. The topological polar surface area (TPSA) is 0 Å². The van der Waals surface area contributed by atoms with Crippen LogP contribution in [0.4, 0.5) is 0 Å². The fourth-order valence-electron chi connectivity index (χ4n) is 10.9. The molecule has 1 unspecified atom stereocenters. The monoisotopic (exact) mass is 702 g/mol. The molecular formula is C55H42. The van der Waals surface area contributed by atoms with Crippen molar-refractivity contribution in [3.8, 4) is 44.5 Å². The van der Waals surface area contributed by atoms with Crippen molar-refractivity contribution in [2.45, 2.75) is 43.4 Å². The Labute approximate surface area is 324 Å². The van der Waals surface area contributed by atoms with E-state index >= 15 is 0 Å². The fourth-order valence-corrected chi connectivity index (χ4v) is 10.9. The first-order chi connectivity index (χ1) is 27.1. The molecule has 0 radical (unpaired) electrons. The van der Waals surface area contributed by atoms with Gasteiger partial charge in [-0.25, -0.2) is 0 Å². The second-order valence-electron chi connectivity index (χ2n) is 16.2. The zero-order chi connectivity index (χ0) is 36.7. The molecule has 0 aromatic heterocycles. The van der Waals surface area contributed by atoms with Crippen molar-refractivity contribution in [1.29, 1.82) is 0 Å². The zero-order valence-electron chi connectivity index (χ0n) is 31.4. The van der Waals surface area contributed by atoms with Gasteiger partial charge in [0.2, 0.25) is 0 Å². The van der Waals surface area contributed by atoms with E-state index in [2.05, 4.69) is 202 Å². The number of rotatable bonds is 7. The fraction of sp³-hybridized carbons (Fsp3) is 0.127. The highest BCUT2D eigenvalue weighted by atomic mass is 14.5. The van der Waals surface area contributed by atoms with Crippen LogP contribution in [-0.2, 0) is 17.3 Å². The van der Waals surface area contributed by atoms with Crippen LogP contribution in [0.2, 0.25) is 0 Å². The van der Waals surface area contributed by atoms with Crippen LogP contribution in [0, 0.1) is 0 Å². The molecule has 3 aliphatic carbocycles. The van der Waals surface area contributed by atoms with E-state index in [0.29, 0.717) is 0 Å². The van der Waals surface area contributed by atoms with Gasteiger partial charge in [-0.1, -0.05) is 202 Å². The molecule has 3 aliphatic rings. The summed E-state index contributed by atoms with van der Waals surface area (Å²) in [5.74, 6) is 0.196. The Hall–Kier alpha value is -6.24. The van der Waals surface area contributed by atoms with Crippen molar-refractivity contribution in [2.24, 2.45) is 0 Å².